The summed E-state index contributed by atoms with van der Waals surface area (Å²) in [6, 6.07) is 0.338. The van der Waals surface area contributed by atoms with Crippen molar-refractivity contribution < 1.29 is 9.84 Å². The number of aliphatic hydroxyl groups is 1. The molecular weight excluding hydrogens is 240 g/mol. The van der Waals surface area contributed by atoms with E-state index in [-0.39, 0.29) is 6.61 Å². The largest absolute Gasteiger partial charge is 0.464 e. The molecule has 1 aromatic heterocycles. The van der Waals surface area contributed by atoms with Crippen molar-refractivity contribution in [1.29, 1.82) is 0 Å². The highest BCUT2D eigenvalue weighted by Gasteiger charge is 2.06. The van der Waals surface area contributed by atoms with E-state index >= 15 is 0 Å². The third kappa shape index (κ3) is 5.18. The van der Waals surface area contributed by atoms with Gasteiger partial charge in [-0.3, -0.25) is 0 Å². The van der Waals surface area contributed by atoms with Crippen LogP contribution in [0, 0.1) is 0 Å². The van der Waals surface area contributed by atoms with E-state index in [1.54, 1.807) is 0 Å². The number of anilines is 1. The second-order valence-electron chi connectivity index (χ2n) is 3.11. The number of nitrogens with one attached hydrogen (secondary N) is 1. The van der Waals surface area contributed by atoms with Crippen LogP contribution in [0.5, 0.6) is 6.01 Å². The van der Waals surface area contributed by atoms with Crippen LogP contribution in [0.25, 0.3) is 0 Å². The molecule has 2 N–H and O–H groups in total. The zero-order valence-corrected chi connectivity index (χ0v) is 11.0. The molecule has 7 heteroatoms. The van der Waals surface area contributed by atoms with Crippen molar-refractivity contribution in [2.45, 2.75) is 25.4 Å². The van der Waals surface area contributed by atoms with Gasteiger partial charge < -0.3 is 15.2 Å². The number of hydrogen-bond acceptors (Lipinski definition) is 7. The minimum Gasteiger partial charge on any atom is -0.464 e. The van der Waals surface area contributed by atoms with E-state index in [4.69, 9.17) is 9.84 Å². The van der Waals surface area contributed by atoms with Gasteiger partial charge in [0, 0.05) is 18.9 Å². The van der Waals surface area contributed by atoms with Gasteiger partial charge in [0.25, 0.3) is 0 Å². The Morgan fingerprint density at radius 3 is 2.76 bits per heavy atom. The van der Waals surface area contributed by atoms with E-state index in [1.807, 2.05) is 13.8 Å². The zero-order chi connectivity index (χ0) is 12.5. The molecule has 0 saturated heterocycles. The highest BCUT2D eigenvalue weighted by Crippen LogP contribution is 2.18. The SMILES string of the molecule is CCNc1nc(OCC)nc(SCCCO)n1. The third-order valence-electron chi connectivity index (χ3n) is 1.74. The molecule has 0 aliphatic heterocycles. The lowest BCUT2D eigenvalue weighted by atomic mass is 10.5. The van der Waals surface area contributed by atoms with Gasteiger partial charge in [-0.25, -0.2) is 0 Å². The van der Waals surface area contributed by atoms with Gasteiger partial charge in [0.2, 0.25) is 5.95 Å². The molecule has 6 nitrogen and oxygen atoms in total. The lowest BCUT2D eigenvalue weighted by Crippen LogP contribution is -2.07. The van der Waals surface area contributed by atoms with Crippen molar-refractivity contribution in [2.24, 2.45) is 0 Å². The molecule has 0 atom stereocenters. The topological polar surface area (TPSA) is 80.2 Å². The first kappa shape index (κ1) is 14.0. The Morgan fingerprint density at radius 1 is 1.29 bits per heavy atom. The molecule has 1 aromatic rings. The lowest BCUT2D eigenvalue weighted by molar-refractivity contribution is 0.296. The molecule has 0 spiro atoms. The van der Waals surface area contributed by atoms with E-state index in [2.05, 4.69) is 20.3 Å². The van der Waals surface area contributed by atoms with Crippen molar-refractivity contribution >= 4 is 17.7 Å². The first-order valence-electron chi connectivity index (χ1n) is 5.66. The van der Waals surface area contributed by atoms with Crippen LogP contribution < -0.4 is 10.1 Å². The van der Waals surface area contributed by atoms with Crippen LogP contribution in [-0.4, -0.2) is 45.6 Å². The van der Waals surface area contributed by atoms with Crippen LogP contribution in [-0.2, 0) is 0 Å². The van der Waals surface area contributed by atoms with Crippen LogP contribution in [0.3, 0.4) is 0 Å². The van der Waals surface area contributed by atoms with E-state index < -0.39 is 0 Å². The predicted octanol–water partition coefficient (Wildman–Crippen LogP) is 1.18. The highest BCUT2D eigenvalue weighted by molar-refractivity contribution is 7.99. The standard InChI is InChI=1S/C10H18N4O2S/c1-3-11-8-12-9(16-4-2)14-10(13-8)17-7-5-6-15/h15H,3-7H2,1-2H3,(H,11,12,13,14). The summed E-state index contributed by atoms with van der Waals surface area (Å²) in [5.41, 5.74) is 0. The predicted molar refractivity (Wildman–Crippen MR) is 67.6 cm³/mol. The van der Waals surface area contributed by atoms with E-state index in [9.17, 15) is 0 Å². The van der Waals surface area contributed by atoms with Gasteiger partial charge in [0.1, 0.15) is 0 Å². The van der Waals surface area contributed by atoms with Gasteiger partial charge >= 0.3 is 6.01 Å². The summed E-state index contributed by atoms with van der Waals surface area (Å²) in [5, 5.41) is 12.4. The fraction of sp³-hybridized carbons (Fsp3) is 0.700. The third-order valence-corrected chi connectivity index (χ3v) is 2.67. The van der Waals surface area contributed by atoms with Crippen molar-refractivity contribution in [3.8, 4) is 6.01 Å². The molecule has 0 aromatic carbocycles. The molecule has 0 bridgehead atoms. The number of aliphatic hydroxyl groups excluding tert-OH is 1. The minimum atomic E-state index is 0.177. The zero-order valence-electron chi connectivity index (χ0n) is 10.1. The van der Waals surface area contributed by atoms with Crippen LogP contribution in [0.1, 0.15) is 20.3 Å². The van der Waals surface area contributed by atoms with Crippen LogP contribution in [0.15, 0.2) is 5.16 Å². The Bertz CT molecular complexity index is 314. The Balaban J connectivity index is 2.72. The molecule has 96 valence electrons. The first-order valence-corrected chi connectivity index (χ1v) is 6.65. The average Bonchev–Trinajstić information content (AvgIpc) is 2.30. The minimum absolute atomic E-state index is 0.177. The highest BCUT2D eigenvalue weighted by atomic mass is 32.2. The summed E-state index contributed by atoms with van der Waals surface area (Å²) in [5.74, 6) is 1.30. The van der Waals surface area contributed by atoms with Crippen LogP contribution in [0.2, 0.25) is 0 Å². The number of thioether (sulfide) groups is 1. The smallest absolute Gasteiger partial charge is 0.322 e. The van der Waals surface area contributed by atoms with Crippen molar-refractivity contribution in [1.82, 2.24) is 15.0 Å². The Labute approximate surface area is 105 Å². The van der Waals surface area contributed by atoms with Gasteiger partial charge in [-0.2, -0.15) is 15.0 Å². The number of ether oxygens (including phenoxy) is 1. The van der Waals surface area contributed by atoms with Crippen LogP contribution >= 0.6 is 11.8 Å². The fourth-order valence-electron chi connectivity index (χ4n) is 1.06. The van der Waals surface area contributed by atoms with Crippen molar-refractivity contribution in [3.05, 3.63) is 0 Å². The summed E-state index contributed by atoms with van der Waals surface area (Å²) >= 11 is 1.48. The molecule has 1 rings (SSSR count). The maximum atomic E-state index is 8.72. The summed E-state index contributed by atoms with van der Waals surface area (Å²) in [6.07, 6.45) is 0.719. The average molecular weight is 258 g/mol. The maximum absolute atomic E-state index is 8.72. The second-order valence-corrected chi connectivity index (χ2v) is 4.18. The van der Waals surface area contributed by atoms with Crippen molar-refractivity contribution in [2.75, 3.05) is 30.8 Å². The fourth-order valence-corrected chi connectivity index (χ4v) is 1.81. The van der Waals surface area contributed by atoms with Gasteiger partial charge in [0.05, 0.1) is 6.61 Å². The maximum Gasteiger partial charge on any atom is 0.322 e. The molecule has 0 aliphatic rings. The normalized spacial score (nSPS) is 10.3. The van der Waals surface area contributed by atoms with Gasteiger partial charge in [-0.15, -0.1) is 0 Å². The molecule has 17 heavy (non-hydrogen) atoms. The molecule has 0 fully saturated rings. The van der Waals surface area contributed by atoms with Gasteiger partial charge in [-0.05, 0) is 20.3 Å². The van der Waals surface area contributed by atoms with E-state index in [0.717, 1.165) is 18.7 Å². The lowest BCUT2D eigenvalue weighted by Gasteiger charge is -2.07. The number of rotatable bonds is 8. The Hall–Kier alpha value is -1.08. The summed E-state index contributed by atoms with van der Waals surface area (Å²) < 4.78 is 5.27. The number of aromatic nitrogens is 3. The van der Waals surface area contributed by atoms with Crippen molar-refractivity contribution in [3.63, 3.8) is 0 Å². The molecule has 0 unspecified atom stereocenters. The van der Waals surface area contributed by atoms with Crippen LogP contribution in [0.4, 0.5) is 5.95 Å². The van der Waals surface area contributed by atoms with Gasteiger partial charge in [0.15, 0.2) is 5.16 Å². The summed E-state index contributed by atoms with van der Waals surface area (Å²) in [4.78, 5) is 12.5. The van der Waals surface area contributed by atoms with Gasteiger partial charge in [-0.1, -0.05) is 11.8 Å². The molecular formula is C10H18N4O2S. The first-order chi connectivity index (χ1) is 8.30. The molecule has 0 saturated carbocycles. The molecule has 0 radical (unpaired) electrons. The number of hydrogen-bond donors (Lipinski definition) is 2. The monoisotopic (exact) mass is 258 g/mol. The Kier molecular flexibility index (Phi) is 6.64. The molecule has 0 amide bonds. The Morgan fingerprint density at radius 2 is 2.12 bits per heavy atom. The quantitative estimate of drug-likeness (QED) is 0.535. The molecule has 1 heterocycles. The number of nitrogens with zero attached hydrogens (tertiary/aromatic N) is 3. The van der Waals surface area contributed by atoms with E-state index in [1.165, 1.54) is 11.8 Å². The van der Waals surface area contributed by atoms with E-state index in [0.29, 0.717) is 23.7 Å². The second kappa shape index (κ2) is 8.08. The summed E-state index contributed by atoms with van der Waals surface area (Å²) in [7, 11) is 0. The molecule has 0 aliphatic carbocycles. The summed E-state index contributed by atoms with van der Waals surface area (Å²) in [6.45, 7) is 5.31.